The van der Waals surface area contributed by atoms with E-state index in [1.807, 2.05) is 19.0 Å². The molecule has 0 fully saturated rings. The van der Waals surface area contributed by atoms with Gasteiger partial charge in [-0.2, -0.15) is 0 Å². The molecule has 1 aromatic rings. The summed E-state index contributed by atoms with van der Waals surface area (Å²) in [4.78, 5) is 42.7. The molecule has 0 spiro atoms. The van der Waals surface area contributed by atoms with Crippen LogP contribution in [-0.4, -0.2) is 79.9 Å². The number of carbonyl (C=O) groups excluding carboxylic acids is 2. The zero-order valence-electron chi connectivity index (χ0n) is 18.7. The molecule has 0 aromatic heterocycles. The number of amides is 2. The number of hydrogen-bond acceptors (Lipinski definition) is 7. The first-order valence-electron chi connectivity index (χ1n) is 10.3. The van der Waals surface area contributed by atoms with Gasteiger partial charge in [-0.15, -0.1) is 0 Å². The molecule has 10 heteroatoms. The molecule has 3 N–H and O–H groups in total. The first kappa shape index (κ1) is 26.2. The highest BCUT2D eigenvalue weighted by molar-refractivity contribution is 5.89. The van der Waals surface area contributed by atoms with Crippen molar-refractivity contribution in [2.24, 2.45) is 0 Å². The SMILES string of the molecule is CCN(OC)C(=O)C(NC(=O)CCCN(C)C)Nc1ccc(OCCCC(=O)O)cc1. The van der Waals surface area contributed by atoms with Gasteiger partial charge in [0.15, 0.2) is 6.17 Å². The second kappa shape index (κ2) is 14.2. The highest BCUT2D eigenvalue weighted by Gasteiger charge is 2.25. The number of hydrogen-bond donors (Lipinski definition) is 3. The van der Waals surface area contributed by atoms with E-state index in [9.17, 15) is 14.4 Å². The molecule has 1 rings (SSSR count). The van der Waals surface area contributed by atoms with E-state index >= 15 is 0 Å². The zero-order valence-corrected chi connectivity index (χ0v) is 18.7. The number of nitrogens with one attached hydrogen (secondary N) is 2. The normalized spacial score (nSPS) is 11.6. The predicted octanol–water partition coefficient (Wildman–Crippen LogP) is 1.54. The molecule has 0 saturated heterocycles. The minimum Gasteiger partial charge on any atom is -0.494 e. The lowest BCUT2D eigenvalue weighted by Crippen LogP contribution is -2.52. The van der Waals surface area contributed by atoms with Crippen LogP contribution in [0.5, 0.6) is 5.75 Å². The number of carboxylic acids is 1. The van der Waals surface area contributed by atoms with Crippen molar-refractivity contribution < 1.29 is 29.1 Å². The van der Waals surface area contributed by atoms with E-state index in [2.05, 4.69) is 10.6 Å². The van der Waals surface area contributed by atoms with Gasteiger partial charge < -0.3 is 25.4 Å². The van der Waals surface area contributed by atoms with Crippen molar-refractivity contribution >= 4 is 23.5 Å². The molecule has 31 heavy (non-hydrogen) atoms. The topological polar surface area (TPSA) is 120 Å². The average Bonchev–Trinajstić information content (AvgIpc) is 2.72. The fourth-order valence-corrected chi connectivity index (χ4v) is 2.69. The average molecular weight is 439 g/mol. The zero-order chi connectivity index (χ0) is 23.2. The summed E-state index contributed by atoms with van der Waals surface area (Å²) in [7, 11) is 5.26. The van der Waals surface area contributed by atoms with Crippen LogP contribution in [0.2, 0.25) is 0 Å². The van der Waals surface area contributed by atoms with E-state index in [1.165, 1.54) is 7.11 Å². The number of anilines is 1. The molecule has 0 saturated carbocycles. The van der Waals surface area contributed by atoms with Crippen LogP contribution >= 0.6 is 0 Å². The molecule has 1 atom stereocenters. The Bertz CT molecular complexity index is 692. The number of hydroxylamine groups is 2. The lowest BCUT2D eigenvalue weighted by atomic mass is 10.2. The molecule has 174 valence electrons. The van der Waals surface area contributed by atoms with Crippen LogP contribution in [-0.2, 0) is 19.2 Å². The van der Waals surface area contributed by atoms with E-state index in [1.54, 1.807) is 31.2 Å². The molecule has 0 heterocycles. The second-order valence-corrected chi connectivity index (χ2v) is 7.14. The van der Waals surface area contributed by atoms with Gasteiger partial charge in [0.2, 0.25) is 5.91 Å². The Morgan fingerprint density at radius 1 is 1.10 bits per heavy atom. The number of aliphatic carboxylic acids is 1. The number of nitrogens with zero attached hydrogens (tertiary/aromatic N) is 2. The molecule has 0 bridgehead atoms. The summed E-state index contributed by atoms with van der Waals surface area (Å²) in [5, 5.41) is 15.6. The third-order valence-electron chi connectivity index (χ3n) is 4.28. The Labute approximate surface area is 183 Å². The van der Waals surface area contributed by atoms with Gasteiger partial charge in [0.1, 0.15) is 5.75 Å². The predicted molar refractivity (Wildman–Crippen MR) is 117 cm³/mol. The smallest absolute Gasteiger partial charge is 0.303 e. The van der Waals surface area contributed by atoms with Gasteiger partial charge in [-0.1, -0.05) is 0 Å². The Morgan fingerprint density at radius 3 is 2.32 bits per heavy atom. The standard InChI is InChI=1S/C21H34N4O6/c1-5-25(30-4)21(29)20(23-18(26)8-6-14-24(2)3)22-16-10-12-17(13-11-16)31-15-7-9-19(27)28/h10-13,20,22H,5-9,14-15H2,1-4H3,(H,23,26)(H,27,28). The van der Waals surface area contributed by atoms with Crippen molar-refractivity contribution in [2.75, 3.05) is 46.2 Å². The van der Waals surface area contributed by atoms with Crippen LogP contribution in [0.3, 0.4) is 0 Å². The largest absolute Gasteiger partial charge is 0.494 e. The van der Waals surface area contributed by atoms with E-state index in [4.69, 9.17) is 14.7 Å². The summed E-state index contributed by atoms with van der Waals surface area (Å²) >= 11 is 0. The van der Waals surface area contributed by atoms with Crippen molar-refractivity contribution in [3.8, 4) is 5.75 Å². The molecular weight excluding hydrogens is 404 g/mol. The molecule has 10 nitrogen and oxygen atoms in total. The van der Waals surface area contributed by atoms with E-state index in [-0.39, 0.29) is 12.3 Å². The molecule has 0 aliphatic heterocycles. The maximum absolute atomic E-state index is 12.8. The fraction of sp³-hybridized carbons (Fsp3) is 0.571. The van der Waals surface area contributed by atoms with Crippen LogP contribution in [0.1, 0.15) is 32.6 Å². The van der Waals surface area contributed by atoms with Crippen molar-refractivity contribution in [1.29, 1.82) is 0 Å². The van der Waals surface area contributed by atoms with Gasteiger partial charge in [-0.05, 0) is 64.7 Å². The lowest BCUT2D eigenvalue weighted by molar-refractivity contribution is -0.176. The van der Waals surface area contributed by atoms with Gasteiger partial charge in [0.25, 0.3) is 5.91 Å². The number of rotatable bonds is 15. The minimum atomic E-state index is -0.992. The summed E-state index contributed by atoms with van der Waals surface area (Å²) in [6, 6.07) is 6.84. The van der Waals surface area contributed by atoms with Gasteiger partial charge in [0, 0.05) is 25.1 Å². The summed E-state index contributed by atoms with van der Waals surface area (Å²) in [5.41, 5.74) is 0.608. The Hall–Kier alpha value is -2.85. The summed E-state index contributed by atoms with van der Waals surface area (Å²) in [5.74, 6) is -0.934. The number of benzene rings is 1. The van der Waals surface area contributed by atoms with Crippen molar-refractivity contribution in [3.05, 3.63) is 24.3 Å². The quantitative estimate of drug-likeness (QED) is 0.214. The van der Waals surface area contributed by atoms with E-state index < -0.39 is 18.0 Å². The van der Waals surface area contributed by atoms with E-state index in [0.717, 1.165) is 11.6 Å². The Morgan fingerprint density at radius 2 is 1.77 bits per heavy atom. The summed E-state index contributed by atoms with van der Waals surface area (Å²) in [6.45, 7) is 3.16. The van der Waals surface area contributed by atoms with Crippen LogP contribution in [0, 0.1) is 0 Å². The third kappa shape index (κ3) is 10.7. The highest BCUT2D eigenvalue weighted by Crippen LogP contribution is 2.17. The molecule has 0 aliphatic rings. The number of ether oxygens (including phenoxy) is 1. The number of carboxylic acid groups (broad SMARTS) is 1. The summed E-state index contributed by atoms with van der Waals surface area (Å²) < 4.78 is 5.50. The van der Waals surface area contributed by atoms with Gasteiger partial charge in [-0.25, -0.2) is 5.06 Å². The van der Waals surface area contributed by atoms with Crippen LogP contribution in [0.15, 0.2) is 24.3 Å². The highest BCUT2D eigenvalue weighted by atomic mass is 16.7. The first-order valence-corrected chi connectivity index (χ1v) is 10.3. The van der Waals surface area contributed by atoms with Crippen LogP contribution < -0.4 is 15.4 Å². The minimum absolute atomic E-state index is 0.0467. The number of carbonyl (C=O) groups is 3. The maximum atomic E-state index is 12.8. The monoisotopic (exact) mass is 438 g/mol. The molecular formula is C21H34N4O6. The molecule has 0 aliphatic carbocycles. The summed E-state index contributed by atoms with van der Waals surface area (Å²) in [6.07, 6.45) is 0.441. The molecule has 1 aromatic carbocycles. The Kier molecular flexibility index (Phi) is 12.0. The third-order valence-corrected chi connectivity index (χ3v) is 4.28. The van der Waals surface area contributed by atoms with E-state index in [0.29, 0.717) is 43.9 Å². The van der Waals surface area contributed by atoms with Gasteiger partial charge in [-0.3, -0.25) is 19.2 Å². The van der Waals surface area contributed by atoms with Crippen LogP contribution in [0.4, 0.5) is 5.69 Å². The van der Waals surface area contributed by atoms with Crippen LogP contribution in [0.25, 0.3) is 0 Å². The van der Waals surface area contributed by atoms with Crippen molar-refractivity contribution in [2.45, 2.75) is 38.8 Å². The second-order valence-electron chi connectivity index (χ2n) is 7.14. The molecule has 0 radical (unpaired) electrons. The van der Waals surface area contributed by atoms with Gasteiger partial charge in [0.05, 0.1) is 13.7 Å². The van der Waals surface area contributed by atoms with Crippen molar-refractivity contribution in [1.82, 2.24) is 15.3 Å². The Balaban J connectivity index is 2.74. The fourth-order valence-electron chi connectivity index (χ4n) is 2.69. The number of likely N-dealkylation sites (N-methyl/N-ethyl adjacent to an activating group) is 1. The lowest BCUT2D eigenvalue weighted by Gasteiger charge is -2.26. The van der Waals surface area contributed by atoms with Gasteiger partial charge >= 0.3 is 5.97 Å². The first-order chi connectivity index (χ1) is 14.8. The molecule has 2 amide bonds. The molecule has 1 unspecified atom stereocenters. The maximum Gasteiger partial charge on any atom is 0.303 e. The van der Waals surface area contributed by atoms with Crippen molar-refractivity contribution in [3.63, 3.8) is 0 Å².